The summed E-state index contributed by atoms with van der Waals surface area (Å²) in [5.41, 5.74) is 3.82. The summed E-state index contributed by atoms with van der Waals surface area (Å²) in [5, 5.41) is 12.9. The van der Waals surface area contributed by atoms with Crippen molar-refractivity contribution in [3.8, 4) is 11.8 Å². The first kappa shape index (κ1) is 19.0. The number of hydrogen-bond acceptors (Lipinski definition) is 6. The predicted molar refractivity (Wildman–Crippen MR) is 92.8 cm³/mol. The minimum atomic E-state index is -3.78. The topological polar surface area (TPSA) is 105 Å². The summed E-state index contributed by atoms with van der Waals surface area (Å²) in [6, 6.07) is 7.45. The summed E-state index contributed by atoms with van der Waals surface area (Å²) >= 11 is 0. The fourth-order valence-electron chi connectivity index (χ4n) is 2.56. The lowest BCUT2D eigenvalue weighted by molar-refractivity contribution is -0.132. The van der Waals surface area contributed by atoms with Gasteiger partial charge in [-0.3, -0.25) is 10.0 Å². The fourth-order valence-corrected chi connectivity index (χ4v) is 3.43. The van der Waals surface area contributed by atoms with Gasteiger partial charge in [0.05, 0.1) is 5.71 Å². The minimum absolute atomic E-state index is 0.120. The largest absolute Gasteiger partial charge is 0.392 e. The lowest BCUT2D eigenvalue weighted by atomic mass is 9.96. The van der Waals surface area contributed by atoms with Crippen molar-refractivity contribution in [1.82, 2.24) is 5.48 Å². The molecule has 1 aliphatic rings. The van der Waals surface area contributed by atoms with E-state index in [4.69, 9.17) is 10.0 Å². The van der Waals surface area contributed by atoms with E-state index >= 15 is 0 Å². The molecule has 1 amide bonds. The maximum absolute atomic E-state index is 12.0. The number of carbonyl (C=O) groups excluding carboxylic acids is 1. The van der Waals surface area contributed by atoms with Crippen molar-refractivity contribution < 1.29 is 23.3 Å². The zero-order valence-electron chi connectivity index (χ0n) is 14.2. The molecule has 2 N–H and O–H groups in total. The van der Waals surface area contributed by atoms with Gasteiger partial charge in [-0.1, -0.05) is 23.2 Å². The minimum Gasteiger partial charge on any atom is -0.392 e. The average molecular weight is 364 g/mol. The summed E-state index contributed by atoms with van der Waals surface area (Å²) in [4.78, 5) is 17.2. The molecule has 0 radical (unpaired) electrons. The van der Waals surface area contributed by atoms with Gasteiger partial charge in [-0.2, -0.15) is 0 Å². The SMILES string of the molecule is CC#Cc1ccc(C2=NOC(CC(C)(C(=O)NO)S(C)(=O)=O)C2)cc1. The van der Waals surface area contributed by atoms with Gasteiger partial charge in [0.25, 0.3) is 5.91 Å². The van der Waals surface area contributed by atoms with Crippen molar-refractivity contribution in [2.24, 2.45) is 5.16 Å². The fraction of sp³-hybridized carbons (Fsp3) is 0.412. The molecular weight excluding hydrogens is 344 g/mol. The van der Waals surface area contributed by atoms with Crippen LogP contribution in [-0.2, 0) is 19.5 Å². The number of rotatable bonds is 5. The van der Waals surface area contributed by atoms with E-state index in [9.17, 15) is 13.2 Å². The van der Waals surface area contributed by atoms with Gasteiger partial charge in [0, 0.05) is 24.7 Å². The third-order valence-corrected chi connectivity index (χ3v) is 6.23. The summed E-state index contributed by atoms with van der Waals surface area (Å²) in [6.45, 7) is 3.02. The Morgan fingerprint density at radius 1 is 1.44 bits per heavy atom. The van der Waals surface area contributed by atoms with Gasteiger partial charge in [0.15, 0.2) is 14.6 Å². The van der Waals surface area contributed by atoms with Crippen LogP contribution in [0.5, 0.6) is 0 Å². The first-order valence-electron chi connectivity index (χ1n) is 7.61. The Labute approximate surface area is 146 Å². The van der Waals surface area contributed by atoms with Crippen LogP contribution >= 0.6 is 0 Å². The Hall–Kier alpha value is -2.37. The van der Waals surface area contributed by atoms with Crippen LogP contribution in [0, 0.1) is 11.8 Å². The molecule has 1 aromatic carbocycles. The van der Waals surface area contributed by atoms with Gasteiger partial charge in [0.1, 0.15) is 6.10 Å². The monoisotopic (exact) mass is 364 g/mol. The van der Waals surface area contributed by atoms with E-state index in [1.54, 1.807) is 6.92 Å². The number of hydroxylamine groups is 1. The molecule has 2 rings (SSSR count). The highest BCUT2D eigenvalue weighted by atomic mass is 32.2. The predicted octanol–water partition coefficient (Wildman–Crippen LogP) is 1.25. The third-order valence-electron chi connectivity index (χ3n) is 4.24. The molecule has 0 fully saturated rings. The van der Waals surface area contributed by atoms with E-state index in [-0.39, 0.29) is 6.42 Å². The molecule has 134 valence electrons. The lowest BCUT2D eigenvalue weighted by Crippen LogP contribution is -2.51. The molecule has 25 heavy (non-hydrogen) atoms. The van der Waals surface area contributed by atoms with Gasteiger partial charge >= 0.3 is 0 Å². The second kappa shape index (κ2) is 7.25. The molecule has 7 nitrogen and oxygen atoms in total. The Balaban J connectivity index is 2.13. The quantitative estimate of drug-likeness (QED) is 0.465. The molecule has 2 unspecified atom stereocenters. The van der Waals surface area contributed by atoms with Crippen LogP contribution in [0.2, 0.25) is 0 Å². The maximum Gasteiger partial charge on any atom is 0.264 e. The van der Waals surface area contributed by atoms with Gasteiger partial charge in [0.2, 0.25) is 0 Å². The van der Waals surface area contributed by atoms with E-state index < -0.39 is 26.6 Å². The van der Waals surface area contributed by atoms with Crippen LogP contribution in [0.1, 0.15) is 37.8 Å². The van der Waals surface area contributed by atoms with Crippen LogP contribution in [-0.4, -0.2) is 42.4 Å². The molecule has 0 saturated heterocycles. The number of carbonyl (C=O) groups is 1. The van der Waals surface area contributed by atoms with Crippen molar-refractivity contribution in [2.45, 2.75) is 37.5 Å². The normalized spacial score (nSPS) is 19.0. The van der Waals surface area contributed by atoms with Crippen LogP contribution in [0.25, 0.3) is 0 Å². The maximum atomic E-state index is 12.0. The molecule has 1 heterocycles. The second-order valence-corrected chi connectivity index (χ2v) is 8.52. The molecular formula is C17H20N2O5S. The molecule has 0 aromatic heterocycles. The molecule has 2 atom stereocenters. The van der Waals surface area contributed by atoms with Crippen LogP contribution in [0.15, 0.2) is 29.4 Å². The van der Waals surface area contributed by atoms with Gasteiger partial charge in [-0.25, -0.2) is 13.9 Å². The Morgan fingerprint density at radius 2 is 2.08 bits per heavy atom. The Morgan fingerprint density at radius 3 is 2.60 bits per heavy atom. The van der Waals surface area contributed by atoms with Gasteiger partial charge in [-0.05, 0) is 31.5 Å². The average Bonchev–Trinajstić information content (AvgIpc) is 3.02. The summed E-state index contributed by atoms with van der Waals surface area (Å²) in [6.07, 6.45) is 0.613. The summed E-state index contributed by atoms with van der Waals surface area (Å²) in [7, 11) is -3.78. The number of benzene rings is 1. The molecule has 1 aromatic rings. The van der Waals surface area contributed by atoms with E-state index in [0.717, 1.165) is 17.4 Å². The highest BCUT2D eigenvalue weighted by Gasteiger charge is 2.47. The van der Waals surface area contributed by atoms with E-state index in [1.165, 1.54) is 12.4 Å². The lowest BCUT2D eigenvalue weighted by Gasteiger charge is -2.26. The molecule has 8 heteroatoms. The summed E-state index contributed by atoms with van der Waals surface area (Å²) < 4.78 is 22.2. The van der Waals surface area contributed by atoms with Crippen molar-refractivity contribution in [3.05, 3.63) is 35.4 Å². The smallest absolute Gasteiger partial charge is 0.264 e. The van der Waals surface area contributed by atoms with Crippen LogP contribution < -0.4 is 5.48 Å². The Bertz CT molecular complexity index is 849. The van der Waals surface area contributed by atoms with Crippen LogP contribution in [0.3, 0.4) is 0 Å². The zero-order chi connectivity index (χ0) is 18.7. The number of nitrogens with zero attached hydrogens (tertiary/aromatic N) is 1. The number of sulfone groups is 1. The molecule has 0 spiro atoms. The van der Waals surface area contributed by atoms with E-state index in [1.807, 2.05) is 24.3 Å². The number of amides is 1. The van der Waals surface area contributed by atoms with Crippen molar-refractivity contribution in [3.63, 3.8) is 0 Å². The first-order chi connectivity index (χ1) is 11.7. The standard InChI is InChI=1S/C17H20N2O5S/c1-4-5-12-6-8-13(9-7-12)15-10-14(24-19-15)11-17(2,16(20)18-21)25(3,22)23/h6-9,14,21H,10-11H2,1-3H3,(H,18,20). The highest BCUT2D eigenvalue weighted by Crippen LogP contribution is 2.29. The van der Waals surface area contributed by atoms with Gasteiger partial charge < -0.3 is 4.84 Å². The van der Waals surface area contributed by atoms with Crippen LogP contribution in [0.4, 0.5) is 0 Å². The second-order valence-electron chi connectivity index (χ2n) is 6.07. The van der Waals surface area contributed by atoms with Crippen molar-refractivity contribution >= 4 is 21.5 Å². The summed E-state index contributed by atoms with van der Waals surface area (Å²) in [5.74, 6) is 4.77. The van der Waals surface area contributed by atoms with Crippen molar-refractivity contribution in [2.75, 3.05) is 6.26 Å². The molecule has 1 aliphatic heterocycles. The third kappa shape index (κ3) is 4.00. The van der Waals surface area contributed by atoms with E-state index in [2.05, 4.69) is 17.0 Å². The zero-order valence-corrected chi connectivity index (χ0v) is 15.1. The van der Waals surface area contributed by atoms with E-state index in [0.29, 0.717) is 12.1 Å². The number of hydrogen-bond donors (Lipinski definition) is 2. The molecule has 0 aliphatic carbocycles. The van der Waals surface area contributed by atoms with Crippen molar-refractivity contribution in [1.29, 1.82) is 0 Å². The molecule has 0 saturated carbocycles. The highest BCUT2D eigenvalue weighted by molar-refractivity contribution is 7.92. The number of nitrogens with one attached hydrogen (secondary N) is 1. The molecule has 0 bridgehead atoms. The Kier molecular flexibility index (Phi) is 5.50. The number of oxime groups is 1. The first-order valence-corrected chi connectivity index (χ1v) is 9.50. The van der Waals surface area contributed by atoms with Gasteiger partial charge in [-0.15, -0.1) is 5.92 Å².